The number of thiophene rings is 1. The van der Waals surface area contributed by atoms with Crippen LogP contribution in [0, 0.1) is 11.8 Å². The number of likely N-dealkylation sites (tertiary alicyclic amines) is 1. The van der Waals surface area contributed by atoms with Crippen LogP contribution in [0.15, 0.2) is 12.1 Å². The predicted molar refractivity (Wildman–Crippen MR) is 104 cm³/mol. The first-order valence-corrected chi connectivity index (χ1v) is 10.7. The summed E-state index contributed by atoms with van der Waals surface area (Å²) in [5.74, 6) is 1.10. The lowest BCUT2D eigenvalue weighted by atomic mass is 9.84. The average Bonchev–Trinajstić information content (AvgIpc) is 3.07. The number of carboxylic acid groups (broad SMARTS) is 1. The topological polar surface area (TPSA) is 69.6 Å². The maximum absolute atomic E-state index is 12.5. The summed E-state index contributed by atoms with van der Waals surface area (Å²) in [5, 5.41) is 11.4. The second kappa shape index (κ2) is 9.20. The van der Waals surface area contributed by atoms with Crippen molar-refractivity contribution in [3.05, 3.63) is 21.3 Å². The zero-order valence-electron chi connectivity index (χ0n) is 15.0. The molecule has 2 N–H and O–H groups in total. The van der Waals surface area contributed by atoms with Gasteiger partial charge in [-0.3, -0.25) is 4.79 Å². The number of carbonyl (C=O) groups excluding carboxylic acids is 1. The molecule has 1 amide bonds. The molecule has 5 nitrogen and oxygen atoms in total. The van der Waals surface area contributed by atoms with Crippen LogP contribution in [0.3, 0.4) is 0 Å². The van der Waals surface area contributed by atoms with Crippen molar-refractivity contribution in [2.75, 3.05) is 19.6 Å². The first-order valence-electron chi connectivity index (χ1n) is 9.52. The second-order valence-corrected chi connectivity index (χ2v) is 9.25. The molecule has 1 saturated carbocycles. The van der Waals surface area contributed by atoms with Gasteiger partial charge in [0.15, 0.2) is 5.78 Å². The molecule has 1 aliphatic heterocycles. The maximum Gasteiger partial charge on any atom is 0.404 e. The van der Waals surface area contributed by atoms with Crippen LogP contribution in [0.4, 0.5) is 4.79 Å². The molecule has 0 radical (unpaired) electrons. The summed E-state index contributed by atoms with van der Waals surface area (Å²) in [5.41, 5.74) is 0. The predicted octanol–water partition coefficient (Wildman–Crippen LogP) is 4.51. The van der Waals surface area contributed by atoms with Gasteiger partial charge in [0.05, 0.1) is 9.21 Å². The van der Waals surface area contributed by atoms with Crippen LogP contribution in [0.2, 0.25) is 4.34 Å². The van der Waals surface area contributed by atoms with Crippen LogP contribution in [0.1, 0.15) is 54.6 Å². The van der Waals surface area contributed by atoms with Gasteiger partial charge in [0.2, 0.25) is 0 Å². The fraction of sp³-hybridized carbons (Fsp3) is 0.684. The largest absolute Gasteiger partial charge is 0.465 e. The quantitative estimate of drug-likeness (QED) is 0.691. The molecule has 144 valence electrons. The number of hydrogen-bond donors (Lipinski definition) is 2. The normalized spacial score (nSPS) is 25.1. The van der Waals surface area contributed by atoms with Crippen LogP contribution < -0.4 is 5.32 Å². The van der Waals surface area contributed by atoms with Gasteiger partial charge in [-0.25, -0.2) is 4.79 Å². The van der Waals surface area contributed by atoms with E-state index in [9.17, 15) is 9.59 Å². The highest BCUT2D eigenvalue weighted by atomic mass is 35.5. The minimum atomic E-state index is -0.907. The Hall–Kier alpha value is -1.11. The van der Waals surface area contributed by atoms with Crippen LogP contribution in [0.25, 0.3) is 0 Å². The van der Waals surface area contributed by atoms with Crippen molar-refractivity contribution in [2.45, 2.75) is 51.0 Å². The van der Waals surface area contributed by atoms with E-state index in [-0.39, 0.29) is 17.7 Å². The van der Waals surface area contributed by atoms with Crippen molar-refractivity contribution in [1.82, 2.24) is 10.2 Å². The number of piperidine rings is 1. The number of halogens is 1. The molecule has 2 aliphatic rings. The van der Waals surface area contributed by atoms with Gasteiger partial charge in [-0.2, -0.15) is 0 Å². The van der Waals surface area contributed by atoms with E-state index in [0.717, 1.165) is 63.0 Å². The Bertz CT molecular complexity index is 620. The summed E-state index contributed by atoms with van der Waals surface area (Å²) >= 11 is 7.32. The maximum atomic E-state index is 12.5. The molecule has 1 aromatic rings. The SMILES string of the molecule is O=C(O)NC1CCC(CCN2CCC(C(=O)c3ccc(Cl)s3)CC2)CC1. The van der Waals surface area contributed by atoms with E-state index in [1.807, 2.05) is 6.07 Å². The molecule has 3 rings (SSSR count). The number of nitrogens with one attached hydrogen (secondary N) is 1. The summed E-state index contributed by atoms with van der Waals surface area (Å²) in [6, 6.07) is 3.78. The Morgan fingerprint density at radius 2 is 1.85 bits per heavy atom. The Balaban J connectivity index is 1.34. The summed E-state index contributed by atoms with van der Waals surface area (Å²) in [6.07, 6.45) is 6.27. The highest BCUT2D eigenvalue weighted by molar-refractivity contribution is 7.18. The van der Waals surface area contributed by atoms with Crippen LogP contribution in [-0.4, -0.2) is 47.6 Å². The first-order chi connectivity index (χ1) is 12.5. The molecule has 0 unspecified atom stereocenters. The van der Waals surface area contributed by atoms with E-state index in [1.54, 1.807) is 6.07 Å². The molecule has 0 bridgehead atoms. The van der Waals surface area contributed by atoms with Gasteiger partial charge in [-0.15, -0.1) is 11.3 Å². The Labute approximate surface area is 163 Å². The molecule has 1 aromatic heterocycles. The van der Waals surface area contributed by atoms with E-state index in [4.69, 9.17) is 16.7 Å². The molecular formula is C19H27ClN2O3S. The first kappa shape index (κ1) is 19.6. The molecule has 0 aromatic carbocycles. The molecule has 2 heterocycles. The highest BCUT2D eigenvalue weighted by Gasteiger charge is 2.28. The number of Topliss-reactive ketones (excluding diaryl/α,β-unsaturated/α-hetero) is 1. The van der Waals surface area contributed by atoms with Crippen molar-refractivity contribution < 1.29 is 14.7 Å². The average molecular weight is 399 g/mol. The number of amides is 1. The van der Waals surface area contributed by atoms with Crippen molar-refractivity contribution in [1.29, 1.82) is 0 Å². The smallest absolute Gasteiger partial charge is 0.404 e. The molecule has 0 atom stereocenters. The molecule has 1 saturated heterocycles. The van der Waals surface area contributed by atoms with E-state index < -0.39 is 6.09 Å². The Morgan fingerprint density at radius 3 is 2.42 bits per heavy atom. The van der Waals surface area contributed by atoms with Gasteiger partial charge in [-0.05, 0) is 82.6 Å². The lowest BCUT2D eigenvalue weighted by molar-refractivity contribution is 0.0837. The van der Waals surface area contributed by atoms with E-state index in [1.165, 1.54) is 17.8 Å². The summed E-state index contributed by atoms with van der Waals surface area (Å²) in [7, 11) is 0. The number of ketones is 1. The summed E-state index contributed by atoms with van der Waals surface area (Å²) < 4.78 is 0.680. The fourth-order valence-electron chi connectivity index (χ4n) is 4.20. The zero-order valence-corrected chi connectivity index (χ0v) is 16.5. The molecule has 26 heavy (non-hydrogen) atoms. The minimum Gasteiger partial charge on any atom is -0.465 e. The standard InChI is InChI=1S/C19H27ClN2O3S/c20-17-6-5-16(26-17)18(23)14-8-11-22(12-9-14)10-7-13-1-3-15(4-2-13)21-19(24)25/h5-6,13-15,21H,1-4,7-12H2,(H,24,25). The van der Waals surface area contributed by atoms with Crippen LogP contribution in [0.5, 0.6) is 0 Å². The van der Waals surface area contributed by atoms with Gasteiger partial charge < -0.3 is 15.3 Å². The Kier molecular flexibility index (Phi) is 6.95. The molecule has 0 spiro atoms. The van der Waals surface area contributed by atoms with Gasteiger partial charge in [0, 0.05) is 12.0 Å². The summed E-state index contributed by atoms with van der Waals surface area (Å²) in [4.78, 5) is 26.5. The van der Waals surface area contributed by atoms with Gasteiger partial charge in [0.1, 0.15) is 0 Å². The summed E-state index contributed by atoms with van der Waals surface area (Å²) in [6.45, 7) is 3.07. The van der Waals surface area contributed by atoms with Crippen LogP contribution >= 0.6 is 22.9 Å². The third-order valence-corrected chi connectivity index (χ3v) is 7.05. The van der Waals surface area contributed by atoms with Crippen LogP contribution in [-0.2, 0) is 0 Å². The molecule has 1 aliphatic carbocycles. The lowest BCUT2D eigenvalue weighted by Crippen LogP contribution is -2.39. The second-order valence-electron chi connectivity index (χ2n) is 7.54. The molecule has 2 fully saturated rings. The van der Waals surface area contributed by atoms with Crippen molar-refractivity contribution in [2.24, 2.45) is 11.8 Å². The van der Waals surface area contributed by atoms with Crippen molar-refractivity contribution in [3.8, 4) is 0 Å². The number of carbonyl (C=O) groups is 2. The zero-order chi connectivity index (χ0) is 18.5. The third kappa shape index (κ3) is 5.44. The van der Waals surface area contributed by atoms with E-state index in [2.05, 4.69) is 10.2 Å². The minimum absolute atomic E-state index is 0.135. The number of nitrogens with zero attached hydrogens (tertiary/aromatic N) is 1. The van der Waals surface area contributed by atoms with Gasteiger partial charge in [-0.1, -0.05) is 11.6 Å². The highest BCUT2D eigenvalue weighted by Crippen LogP contribution is 2.30. The van der Waals surface area contributed by atoms with E-state index in [0.29, 0.717) is 10.3 Å². The monoisotopic (exact) mass is 398 g/mol. The molecule has 7 heteroatoms. The molecular weight excluding hydrogens is 372 g/mol. The number of rotatable bonds is 6. The fourth-order valence-corrected chi connectivity index (χ4v) is 5.26. The van der Waals surface area contributed by atoms with E-state index >= 15 is 0 Å². The van der Waals surface area contributed by atoms with Crippen molar-refractivity contribution in [3.63, 3.8) is 0 Å². The van der Waals surface area contributed by atoms with Gasteiger partial charge in [0.25, 0.3) is 0 Å². The number of hydrogen-bond acceptors (Lipinski definition) is 4. The third-order valence-electron chi connectivity index (χ3n) is 5.80. The van der Waals surface area contributed by atoms with Gasteiger partial charge >= 0.3 is 6.09 Å². The van der Waals surface area contributed by atoms with Crippen molar-refractivity contribution >= 4 is 34.8 Å². The lowest BCUT2D eigenvalue weighted by Gasteiger charge is -2.33. The Morgan fingerprint density at radius 1 is 1.15 bits per heavy atom.